The van der Waals surface area contributed by atoms with E-state index in [0.717, 1.165) is 61.5 Å². The van der Waals surface area contributed by atoms with Crippen molar-refractivity contribution in [2.24, 2.45) is 0 Å². The van der Waals surface area contributed by atoms with Crippen LogP contribution in [0.5, 0.6) is 0 Å². The number of hydrogen-bond acceptors (Lipinski definition) is 6. The molecule has 0 radical (unpaired) electrons. The first-order valence-corrected chi connectivity index (χ1v) is 11.7. The highest BCUT2D eigenvalue weighted by Gasteiger charge is 2.52. The standard InChI is InChI=1S/C26H27FN6O/c1-16-3-5-18(33-11-9-32(2)10-12-33)14-22(16)29-25-28-15-21(27)23(30-25)17-4-6-20-19(13-17)24(34)31-26(20)7-8-26/h3-6,13-15H,7-12H2,1-2H3,(H,31,34)(H,28,29,30). The molecule has 1 aromatic heterocycles. The van der Waals surface area contributed by atoms with Crippen molar-refractivity contribution in [3.05, 3.63) is 65.1 Å². The van der Waals surface area contributed by atoms with Crippen molar-refractivity contribution in [1.29, 1.82) is 0 Å². The number of rotatable bonds is 4. The minimum atomic E-state index is -0.520. The van der Waals surface area contributed by atoms with Gasteiger partial charge < -0.3 is 20.4 Å². The van der Waals surface area contributed by atoms with Crippen LogP contribution >= 0.6 is 0 Å². The Labute approximate surface area is 198 Å². The molecule has 2 fully saturated rings. The number of hydrogen-bond donors (Lipinski definition) is 2. The van der Waals surface area contributed by atoms with Crippen LogP contribution in [0, 0.1) is 12.7 Å². The SMILES string of the molecule is Cc1ccc(N2CCN(C)CC2)cc1Nc1ncc(F)c(-c2ccc3c(c2)C(=O)NC32CC2)n1. The van der Waals surface area contributed by atoms with E-state index in [2.05, 4.69) is 55.6 Å². The number of likely N-dealkylation sites (N-methyl/N-ethyl adjacent to an activating group) is 1. The normalized spacial score (nSPS) is 18.7. The molecule has 3 heterocycles. The van der Waals surface area contributed by atoms with Crippen LogP contribution in [0.1, 0.15) is 34.3 Å². The maximum atomic E-state index is 14.8. The average molecular weight is 459 g/mol. The number of carbonyl (C=O) groups excluding carboxylic acids is 1. The third-order valence-corrected chi connectivity index (χ3v) is 7.24. The molecule has 7 nitrogen and oxygen atoms in total. The summed E-state index contributed by atoms with van der Waals surface area (Å²) in [7, 11) is 2.14. The van der Waals surface area contributed by atoms with Crippen molar-refractivity contribution in [2.45, 2.75) is 25.3 Å². The van der Waals surface area contributed by atoms with Gasteiger partial charge in [-0.1, -0.05) is 18.2 Å². The van der Waals surface area contributed by atoms with Crippen LogP contribution in [0.4, 0.5) is 21.7 Å². The third-order valence-electron chi connectivity index (χ3n) is 7.24. The van der Waals surface area contributed by atoms with Crippen molar-refractivity contribution in [2.75, 3.05) is 43.4 Å². The molecule has 1 spiro atoms. The summed E-state index contributed by atoms with van der Waals surface area (Å²) in [4.78, 5) is 25.8. The summed E-state index contributed by atoms with van der Waals surface area (Å²) in [5.74, 6) is -0.301. The topological polar surface area (TPSA) is 73.4 Å². The largest absolute Gasteiger partial charge is 0.369 e. The Hall–Kier alpha value is -3.52. The predicted octanol–water partition coefficient (Wildman–Crippen LogP) is 3.82. The summed E-state index contributed by atoms with van der Waals surface area (Å²) < 4.78 is 14.8. The Kier molecular flexibility index (Phi) is 4.81. The zero-order valence-corrected chi connectivity index (χ0v) is 19.4. The molecule has 1 saturated carbocycles. The van der Waals surface area contributed by atoms with Gasteiger partial charge in [0.25, 0.3) is 5.91 Å². The number of carbonyl (C=O) groups is 1. The Morgan fingerprint density at radius 3 is 2.65 bits per heavy atom. The van der Waals surface area contributed by atoms with Crippen LogP contribution in [0.2, 0.25) is 0 Å². The van der Waals surface area contributed by atoms with E-state index < -0.39 is 5.82 Å². The van der Waals surface area contributed by atoms with Gasteiger partial charge in [-0.2, -0.15) is 0 Å². The Morgan fingerprint density at radius 1 is 1.09 bits per heavy atom. The maximum absolute atomic E-state index is 14.8. The highest BCUT2D eigenvalue weighted by atomic mass is 19.1. The van der Waals surface area contributed by atoms with Gasteiger partial charge in [-0.15, -0.1) is 0 Å². The molecule has 34 heavy (non-hydrogen) atoms. The lowest BCUT2D eigenvalue weighted by atomic mass is 9.99. The summed E-state index contributed by atoms with van der Waals surface area (Å²) in [6, 6.07) is 11.8. The zero-order valence-electron chi connectivity index (χ0n) is 19.4. The Bertz CT molecular complexity index is 1300. The van der Waals surface area contributed by atoms with Crippen LogP contribution in [-0.4, -0.2) is 54.0 Å². The van der Waals surface area contributed by atoms with E-state index in [0.29, 0.717) is 17.1 Å². The highest BCUT2D eigenvalue weighted by Crippen LogP contribution is 2.50. The first-order chi connectivity index (χ1) is 16.4. The Balaban J connectivity index is 1.29. The van der Waals surface area contributed by atoms with Crippen LogP contribution in [0.3, 0.4) is 0 Å². The molecular weight excluding hydrogens is 431 g/mol. The third kappa shape index (κ3) is 3.58. The lowest BCUT2D eigenvalue weighted by Gasteiger charge is -2.34. The summed E-state index contributed by atoms with van der Waals surface area (Å²) in [6.07, 6.45) is 3.08. The summed E-state index contributed by atoms with van der Waals surface area (Å²) in [6.45, 7) is 6.03. The fourth-order valence-corrected chi connectivity index (χ4v) is 4.92. The van der Waals surface area contributed by atoms with E-state index in [4.69, 9.17) is 0 Å². The molecule has 1 amide bonds. The molecule has 0 bridgehead atoms. The molecule has 1 aliphatic carbocycles. The van der Waals surface area contributed by atoms with E-state index in [-0.39, 0.29) is 17.1 Å². The van der Waals surface area contributed by atoms with E-state index in [1.54, 1.807) is 6.07 Å². The summed E-state index contributed by atoms with van der Waals surface area (Å²) in [5.41, 5.74) is 5.24. The number of nitrogens with zero attached hydrogens (tertiary/aromatic N) is 4. The molecule has 3 aliphatic rings. The number of aryl methyl sites for hydroxylation is 1. The molecule has 1 saturated heterocycles. The monoisotopic (exact) mass is 458 g/mol. The van der Waals surface area contributed by atoms with E-state index in [1.807, 2.05) is 19.1 Å². The van der Waals surface area contributed by atoms with Gasteiger partial charge in [-0.05, 0) is 56.1 Å². The lowest BCUT2D eigenvalue weighted by Crippen LogP contribution is -2.44. The molecule has 174 valence electrons. The van der Waals surface area contributed by atoms with E-state index >= 15 is 0 Å². The number of nitrogens with one attached hydrogen (secondary N) is 2. The van der Waals surface area contributed by atoms with Crippen LogP contribution in [-0.2, 0) is 5.54 Å². The van der Waals surface area contributed by atoms with E-state index in [9.17, 15) is 9.18 Å². The number of aromatic nitrogens is 2. The fourth-order valence-electron chi connectivity index (χ4n) is 4.92. The average Bonchev–Trinajstić information content (AvgIpc) is 3.56. The highest BCUT2D eigenvalue weighted by molar-refractivity contribution is 6.01. The van der Waals surface area contributed by atoms with Gasteiger partial charge in [0.1, 0.15) is 5.69 Å². The van der Waals surface area contributed by atoms with Crippen molar-refractivity contribution in [3.8, 4) is 11.3 Å². The first kappa shape index (κ1) is 21.0. The Morgan fingerprint density at radius 2 is 1.88 bits per heavy atom. The second-order valence-corrected chi connectivity index (χ2v) is 9.60. The molecule has 0 atom stereocenters. The summed E-state index contributed by atoms with van der Waals surface area (Å²) in [5, 5.41) is 6.34. The molecule has 0 unspecified atom stereocenters. The minimum Gasteiger partial charge on any atom is -0.369 e. The number of piperazine rings is 1. The number of anilines is 3. The molecule has 6 rings (SSSR count). The van der Waals surface area contributed by atoms with Gasteiger partial charge in [0.2, 0.25) is 5.95 Å². The second kappa shape index (κ2) is 7.77. The lowest BCUT2D eigenvalue weighted by molar-refractivity contribution is 0.0952. The van der Waals surface area contributed by atoms with Gasteiger partial charge >= 0.3 is 0 Å². The van der Waals surface area contributed by atoms with Crippen LogP contribution in [0.25, 0.3) is 11.3 Å². The number of amides is 1. The number of fused-ring (bicyclic) bond motifs is 2. The maximum Gasteiger partial charge on any atom is 0.252 e. The number of halogens is 1. The molecule has 2 N–H and O–H groups in total. The van der Waals surface area contributed by atoms with Gasteiger partial charge in [0.15, 0.2) is 5.82 Å². The summed E-state index contributed by atoms with van der Waals surface area (Å²) >= 11 is 0. The van der Waals surface area contributed by atoms with Crippen LogP contribution in [0.15, 0.2) is 42.6 Å². The number of benzene rings is 2. The van der Waals surface area contributed by atoms with Gasteiger partial charge in [0, 0.05) is 48.7 Å². The zero-order chi connectivity index (χ0) is 23.4. The van der Waals surface area contributed by atoms with Gasteiger partial charge in [-0.3, -0.25) is 4.79 Å². The van der Waals surface area contributed by atoms with Gasteiger partial charge in [0.05, 0.1) is 11.7 Å². The van der Waals surface area contributed by atoms with E-state index in [1.165, 1.54) is 6.20 Å². The van der Waals surface area contributed by atoms with Crippen molar-refractivity contribution >= 4 is 23.2 Å². The van der Waals surface area contributed by atoms with Gasteiger partial charge in [-0.25, -0.2) is 14.4 Å². The fraction of sp³-hybridized carbons (Fsp3) is 0.346. The molecule has 2 aliphatic heterocycles. The molecule has 2 aromatic carbocycles. The first-order valence-electron chi connectivity index (χ1n) is 11.7. The predicted molar refractivity (Wildman–Crippen MR) is 130 cm³/mol. The quantitative estimate of drug-likeness (QED) is 0.619. The molecule has 3 aromatic rings. The second-order valence-electron chi connectivity index (χ2n) is 9.60. The molecule has 8 heteroatoms. The molecular formula is C26H27FN6O. The van der Waals surface area contributed by atoms with Crippen LogP contribution < -0.4 is 15.5 Å². The van der Waals surface area contributed by atoms with Crippen molar-refractivity contribution in [1.82, 2.24) is 20.2 Å². The van der Waals surface area contributed by atoms with Crippen molar-refractivity contribution in [3.63, 3.8) is 0 Å². The smallest absolute Gasteiger partial charge is 0.252 e. The minimum absolute atomic E-state index is 0.0986. The van der Waals surface area contributed by atoms with Crippen molar-refractivity contribution < 1.29 is 9.18 Å².